The van der Waals surface area contributed by atoms with E-state index in [4.69, 9.17) is 22.3 Å². The summed E-state index contributed by atoms with van der Waals surface area (Å²) >= 11 is 5.06. The van der Waals surface area contributed by atoms with Crippen LogP contribution < -0.4 is 0 Å². The Morgan fingerprint density at radius 1 is 1.38 bits per heavy atom. The lowest BCUT2D eigenvalue weighted by Gasteiger charge is -2.11. The maximum Gasteiger partial charge on any atom is 0.135 e. The summed E-state index contributed by atoms with van der Waals surface area (Å²) < 4.78 is 5.50. The van der Waals surface area contributed by atoms with Crippen LogP contribution in [0.2, 0.25) is 0 Å². The molecule has 2 aromatic rings. The van der Waals surface area contributed by atoms with E-state index in [1.54, 1.807) is 0 Å². The monoisotopic (exact) mass is 229 g/mol. The van der Waals surface area contributed by atoms with E-state index < -0.39 is 0 Å². The molecule has 0 unspecified atom stereocenters. The molecule has 0 saturated carbocycles. The number of hydrogen-bond acceptors (Lipinski definition) is 4. The topological polar surface area (TPSA) is 49.8 Å². The Kier molecular flexibility index (Phi) is 2.63. The van der Waals surface area contributed by atoms with Gasteiger partial charge >= 0.3 is 0 Å². The molecule has 2 aromatic heterocycles. The summed E-state index contributed by atoms with van der Waals surface area (Å²) in [6.07, 6.45) is 0. The van der Waals surface area contributed by atoms with E-state index in [0.29, 0.717) is 21.9 Å². The number of nitrogens with zero attached hydrogens (tertiary/aromatic N) is 2. The van der Waals surface area contributed by atoms with Gasteiger partial charge in [0, 0.05) is 11.3 Å². The smallest absolute Gasteiger partial charge is 0.135 e. The highest BCUT2D eigenvalue weighted by molar-refractivity contribution is 7.58. The summed E-state index contributed by atoms with van der Waals surface area (Å²) in [6, 6.07) is 7.57. The summed E-state index contributed by atoms with van der Waals surface area (Å²) in [7, 11) is 0. The molecule has 0 amide bonds. The molecule has 0 saturated heterocycles. The van der Waals surface area contributed by atoms with Crippen LogP contribution >= 0.6 is 0 Å². The van der Waals surface area contributed by atoms with Crippen LogP contribution in [-0.4, -0.2) is 4.98 Å². The van der Waals surface area contributed by atoms with Crippen molar-refractivity contribution in [2.75, 3.05) is 0 Å². The van der Waals surface area contributed by atoms with Crippen LogP contribution in [-0.2, 0) is 12.6 Å². The first-order chi connectivity index (χ1) is 7.61. The highest BCUT2D eigenvalue weighted by Crippen LogP contribution is 2.27. The van der Waals surface area contributed by atoms with Gasteiger partial charge in [-0.1, -0.05) is 5.03 Å². The second-order valence-corrected chi connectivity index (χ2v) is 3.90. The minimum atomic E-state index is 0.326. The molecule has 80 valence electrons. The normalized spacial score (nSPS) is 10.1. The van der Waals surface area contributed by atoms with Gasteiger partial charge in [-0.3, -0.25) is 4.98 Å². The van der Waals surface area contributed by atoms with Crippen molar-refractivity contribution < 1.29 is 4.42 Å². The second kappa shape index (κ2) is 3.95. The Labute approximate surface area is 99.1 Å². The molecule has 0 bridgehead atoms. The molecule has 3 nitrogen and oxygen atoms in total. The predicted molar refractivity (Wildman–Crippen MR) is 61.8 cm³/mol. The van der Waals surface area contributed by atoms with Gasteiger partial charge in [0.05, 0.1) is 11.6 Å². The lowest BCUT2D eigenvalue weighted by Crippen LogP contribution is -1.93. The van der Waals surface area contributed by atoms with Crippen molar-refractivity contribution in [2.24, 2.45) is 0 Å². The van der Waals surface area contributed by atoms with E-state index >= 15 is 0 Å². The van der Waals surface area contributed by atoms with Crippen molar-refractivity contribution in [3.63, 3.8) is 0 Å². The van der Waals surface area contributed by atoms with Gasteiger partial charge in [0.2, 0.25) is 0 Å². The maximum atomic E-state index is 9.06. The zero-order valence-electron chi connectivity index (χ0n) is 8.94. The molecular weight excluding hydrogens is 220 g/mol. The molecule has 0 aliphatic carbocycles. The van der Waals surface area contributed by atoms with E-state index in [0.717, 1.165) is 11.5 Å². The van der Waals surface area contributed by atoms with Crippen molar-refractivity contribution in [3.8, 4) is 17.4 Å². The van der Waals surface area contributed by atoms with Crippen LogP contribution in [0.15, 0.2) is 27.6 Å². The van der Waals surface area contributed by atoms with Crippen LogP contribution in [0.25, 0.3) is 11.3 Å². The molecule has 0 atom stereocenters. The van der Waals surface area contributed by atoms with Gasteiger partial charge in [0.1, 0.15) is 11.5 Å². The van der Waals surface area contributed by atoms with Gasteiger partial charge < -0.3 is 17.0 Å². The first-order valence-electron chi connectivity index (χ1n) is 4.77. The van der Waals surface area contributed by atoms with Crippen LogP contribution in [0.5, 0.6) is 0 Å². The molecule has 0 fully saturated rings. The fraction of sp³-hybridized carbons (Fsp3) is 0.167. The minimum absolute atomic E-state index is 0.326. The van der Waals surface area contributed by atoms with Crippen molar-refractivity contribution in [2.45, 2.75) is 18.9 Å². The first kappa shape index (κ1) is 10.7. The summed E-state index contributed by atoms with van der Waals surface area (Å²) in [4.78, 5) is 4.09. The van der Waals surface area contributed by atoms with E-state index in [-0.39, 0.29) is 0 Å². The zero-order valence-corrected chi connectivity index (χ0v) is 9.76. The van der Waals surface area contributed by atoms with Crippen LogP contribution in [0.3, 0.4) is 0 Å². The average Bonchev–Trinajstić information content (AvgIpc) is 2.63. The van der Waals surface area contributed by atoms with Gasteiger partial charge in [-0.05, 0) is 32.0 Å². The Hall–Kier alpha value is -1.86. The van der Waals surface area contributed by atoms with Crippen LogP contribution in [0, 0.1) is 25.2 Å². The molecule has 0 aromatic carbocycles. The molecule has 0 aliphatic rings. The molecule has 0 spiro atoms. The molecule has 2 rings (SSSR count). The third-order valence-electron chi connectivity index (χ3n) is 2.23. The second-order valence-electron chi connectivity index (χ2n) is 3.51. The van der Waals surface area contributed by atoms with Gasteiger partial charge in [-0.15, -0.1) is 0 Å². The van der Waals surface area contributed by atoms with E-state index in [9.17, 15) is 0 Å². The molecule has 0 aliphatic heterocycles. The average molecular weight is 229 g/mol. The number of hydrogen-bond donors (Lipinski definition) is 0. The molecular formula is C12H9N2OS-. The highest BCUT2D eigenvalue weighted by atomic mass is 32.1. The third-order valence-corrected chi connectivity index (χ3v) is 2.53. The summed E-state index contributed by atoms with van der Waals surface area (Å²) in [6.45, 7) is 3.70. The van der Waals surface area contributed by atoms with E-state index in [2.05, 4.69) is 11.1 Å². The maximum absolute atomic E-state index is 9.06. The SMILES string of the molecule is Cc1cc(-c2ccc(C)o2)c(C#N)c([S-])n1. The van der Waals surface area contributed by atoms with Gasteiger partial charge in [-0.2, -0.15) is 5.26 Å². The van der Waals surface area contributed by atoms with Gasteiger partial charge in [0.15, 0.2) is 0 Å². The lowest BCUT2D eigenvalue weighted by molar-refractivity contribution is 0.548. The number of rotatable bonds is 1. The Morgan fingerprint density at radius 3 is 2.69 bits per heavy atom. The third kappa shape index (κ3) is 1.77. The van der Waals surface area contributed by atoms with Crippen molar-refractivity contribution in [1.29, 1.82) is 5.26 Å². The van der Waals surface area contributed by atoms with Crippen molar-refractivity contribution >= 4 is 12.6 Å². The van der Waals surface area contributed by atoms with Crippen molar-refractivity contribution in [1.82, 2.24) is 4.98 Å². The molecule has 0 radical (unpaired) electrons. The summed E-state index contributed by atoms with van der Waals surface area (Å²) in [5, 5.41) is 9.39. The van der Waals surface area contributed by atoms with E-state index in [1.165, 1.54) is 0 Å². The number of aromatic nitrogens is 1. The van der Waals surface area contributed by atoms with Gasteiger partial charge in [-0.25, -0.2) is 0 Å². The summed E-state index contributed by atoms with van der Waals surface area (Å²) in [5.41, 5.74) is 1.90. The van der Waals surface area contributed by atoms with Gasteiger partial charge in [0.25, 0.3) is 0 Å². The Balaban J connectivity index is 2.69. The lowest BCUT2D eigenvalue weighted by atomic mass is 10.1. The van der Waals surface area contributed by atoms with E-state index in [1.807, 2.05) is 32.0 Å². The Bertz CT molecular complexity index is 581. The number of aryl methyl sites for hydroxylation is 2. The highest BCUT2D eigenvalue weighted by Gasteiger charge is 2.10. The fourth-order valence-corrected chi connectivity index (χ4v) is 1.83. The predicted octanol–water partition coefficient (Wildman–Crippen LogP) is 2.74. The van der Waals surface area contributed by atoms with Crippen molar-refractivity contribution in [3.05, 3.63) is 35.2 Å². The molecule has 0 N–H and O–H groups in total. The molecule has 16 heavy (non-hydrogen) atoms. The minimum Gasteiger partial charge on any atom is -0.759 e. The standard InChI is InChI=1S/C12H10N2OS/c1-7-5-9(10(6-13)12(16)14-7)11-4-3-8(2)15-11/h3-5H,1-2H3,(H,14,16)/p-1. The number of furan rings is 1. The Morgan fingerprint density at radius 2 is 2.12 bits per heavy atom. The fourth-order valence-electron chi connectivity index (χ4n) is 1.53. The largest absolute Gasteiger partial charge is 0.759 e. The number of nitriles is 1. The first-order valence-corrected chi connectivity index (χ1v) is 5.18. The van der Waals surface area contributed by atoms with Crippen LogP contribution in [0.1, 0.15) is 17.0 Å². The van der Waals surface area contributed by atoms with Crippen LogP contribution in [0.4, 0.5) is 0 Å². The summed E-state index contributed by atoms with van der Waals surface area (Å²) in [5.74, 6) is 1.46. The number of pyridine rings is 1. The quantitative estimate of drug-likeness (QED) is 0.705. The zero-order chi connectivity index (χ0) is 11.7. The molecule has 4 heteroatoms. The molecule has 2 heterocycles.